The largest absolute Gasteiger partial charge is 0.392 e. The maximum Gasteiger partial charge on any atom is 0.240 e. The minimum Gasteiger partial charge on any atom is -0.392 e. The number of hydrogen-bond acceptors (Lipinski definition) is 5. The minimum atomic E-state index is -3.40. The van der Waals surface area contributed by atoms with Crippen molar-refractivity contribution in [2.75, 3.05) is 31.5 Å². The molecule has 0 spiro atoms. The predicted octanol–water partition coefficient (Wildman–Crippen LogP) is 0.757. The van der Waals surface area contributed by atoms with Crippen LogP contribution in [-0.2, 0) is 10.0 Å². The molecule has 0 amide bonds. The van der Waals surface area contributed by atoms with Crippen LogP contribution in [0.15, 0.2) is 29.2 Å². The van der Waals surface area contributed by atoms with Crippen LogP contribution in [0.2, 0.25) is 0 Å². The van der Waals surface area contributed by atoms with E-state index in [4.69, 9.17) is 5.11 Å². The van der Waals surface area contributed by atoms with Crippen LogP contribution in [0.4, 0.5) is 5.69 Å². The summed E-state index contributed by atoms with van der Waals surface area (Å²) in [6, 6.07) is 6.66. The summed E-state index contributed by atoms with van der Waals surface area (Å²) < 4.78 is 26.3. The molecule has 0 aliphatic rings. The van der Waals surface area contributed by atoms with Crippen molar-refractivity contribution < 1.29 is 13.5 Å². The number of rotatable bonds is 10. The lowest BCUT2D eigenvalue weighted by Gasteiger charge is -2.10. The minimum absolute atomic E-state index is 0.272. The maximum atomic E-state index is 11.9. The van der Waals surface area contributed by atoms with Crippen molar-refractivity contribution in [1.82, 2.24) is 10.0 Å². The lowest BCUT2D eigenvalue weighted by molar-refractivity contribution is 0.192. The molecule has 120 valence electrons. The molecule has 4 N–H and O–H groups in total. The Morgan fingerprint density at radius 3 is 2.38 bits per heavy atom. The molecule has 1 aromatic carbocycles. The van der Waals surface area contributed by atoms with Crippen LogP contribution in [-0.4, -0.2) is 45.8 Å². The van der Waals surface area contributed by atoms with Crippen molar-refractivity contribution in [3.05, 3.63) is 24.3 Å². The quantitative estimate of drug-likeness (QED) is 0.479. The number of hydrogen-bond donors (Lipinski definition) is 4. The summed E-state index contributed by atoms with van der Waals surface area (Å²) in [5.74, 6) is 0. The standard InChI is InChI=1S/C14H25N3O3S/c1-3-8-17-21(19,20)14-6-4-13(5-7-14)16-10-9-15-11-12(2)18/h4-7,12,15-18H,3,8-11H2,1-2H3. The third-order valence-electron chi connectivity index (χ3n) is 2.78. The average Bonchev–Trinajstić information content (AvgIpc) is 2.45. The van der Waals surface area contributed by atoms with Crippen molar-refractivity contribution in [2.24, 2.45) is 0 Å². The highest BCUT2D eigenvalue weighted by Crippen LogP contribution is 2.13. The summed E-state index contributed by atoms with van der Waals surface area (Å²) in [6.45, 7) is 6.07. The molecule has 1 atom stereocenters. The van der Waals surface area contributed by atoms with Crippen LogP contribution in [0.3, 0.4) is 0 Å². The van der Waals surface area contributed by atoms with Gasteiger partial charge >= 0.3 is 0 Å². The summed E-state index contributed by atoms with van der Waals surface area (Å²) in [5, 5.41) is 15.4. The fourth-order valence-electron chi connectivity index (χ4n) is 1.68. The van der Waals surface area contributed by atoms with Crippen LogP contribution in [0.25, 0.3) is 0 Å². The Kier molecular flexibility index (Phi) is 7.66. The fourth-order valence-corrected chi connectivity index (χ4v) is 2.81. The van der Waals surface area contributed by atoms with Gasteiger partial charge in [-0.25, -0.2) is 13.1 Å². The molecule has 1 unspecified atom stereocenters. The molecule has 6 nitrogen and oxygen atoms in total. The molecule has 7 heteroatoms. The van der Waals surface area contributed by atoms with E-state index in [-0.39, 0.29) is 11.0 Å². The zero-order valence-corrected chi connectivity index (χ0v) is 13.4. The molecule has 0 saturated heterocycles. The lowest BCUT2D eigenvalue weighted by Crippen LogP contribution is -2.29. The number of aliphatic hydroxyl groups excluding tert-OH is 1. The normalized spacial score (nSPS) is 13.1. The first kappa shape index (κ1) is 17.9. The van der Waals surface area contributed by atoms with E-state index in [1.807, 2.05) is 6.92 Å². The summed E-state index contributed by atoms with van der Waals surface area (Å²) in [6.07, 6.45) is 0.406. The van der Waals surface area contributed by atoms with Gasteiger partial charge in [-0.1, -0.05) is 6.92 Å². The van der Waals surface area contributed by atoms with E-state index in [1.165, 1.54) is 0 Å². The van der Waals surface area contributed by atoms with Crippen LogP contribution >= 0.6 is 0 Å². The molecule has 0 saturated carbocycles. The van der Waals surface area contributed by atoms with E-state index in [0.29, 0.717) is 19.6 Å². The Balaban J connectivity index is 2.43. The SMILES string of the molecule is CCCNS(=O)(=O)c1ccc(NCCNCC(C)O)cc1. The number of aliphatic hydroxyl groups is 1. The van der Waals surface area contributed by atoms with E-state index >= 15 is 0 Å². The monoisotopic (exact) mass is 315 g/mol. The Bertz CT molecular complexity index is 501. The second-order valence-electron chi connectivity index (χ2n) is 4.90. The van der Waals surface area contributed by atoms with Crippen molar-refractivity contribution in [1.29, 1.82) is 0 Å². The van der Waals surface area contributed by atoms with Gasteiger partial charge in [0.25, 0.3) is 0 Å². The molecule has 1 aromatic rings. The van der Waals surface area contributed by atoms with Crippen LogP contribution in [0.5, 0.6) is 0 Å². The number of sulfonamides is 1. The molecule has 0 aromatic heterocycles. The fraction of sp³-hybridized carbons (Fsp3) is 0.571. The average molecular weight is 315 g/mol. The number of benzene rings is 1. The predicted molar refractivity (Wildman–Crippen MR) is 85.0 cm³/mol. The molecule has 0 radical (unpaired) electrons. The van der Waals surface area contributed by atoms with Gasteiger partial charge in [0.2, 0.25) is 10.0 Å². The Labute approximate surface area is 127 Å². The lowest BCUT2D eigenvalue weighted by atomic mass is 10.3. The molecule has 0 aliphatic carbocycles. The Morgan fingerprint density at radius 2 is 1.81 bits per heavy atom. The van der Waals surface area contributed by atoms with E-state index in [0.717, 1.165) is 18.7 Å². The molecule has 0 aliphatic heterocycles. The van der Waals surface area contributed by atoms with Crippen molar-refractivity contribution in [3.8, 4) is 0 Å². The molecule has 21 heavy (non-hydrogen) atoms. The van der Waals surface area contributed by atoms with Gasteiger partial charge in [-0.2, -0.15) is 0 Å². The van der Waals surface area contributed by atoms with Crippen molar-refractivity contribution >= 4 is 15.7 Å². The smallest absolute Gasteiger partial charge is 0.240 e. The van der Waals surface area contributed by atoms with Crippen molar-refractivity contribution in [3.63, 3.8) is 0 Å². The first-order valence-corrected chi connectivity index (χ1v) is 8.66. The van der Waals surface area contributed by atoms with Crippen LogP contribution in [0.1, 0.15) is 20.3 Å². The zero-order chi connectivity index (χ0) is 15.7. The van der Waals surface area contributed by atoms with Crippen LogP contribution in [0, 0.1) is 0 Å². The zero-order valence-electron chi connectivity index (χ0n) is 12.6. The Hall–Kier alpha value is -1.15. The van der Waals surface area contributed by atoms with Crippen LogP contribution < -0.4 is 15.4 Å². The van der Waals surface area contributed by atoms with Crippen molar-refractivity contribution in [2.45, 2.75) is 31.3 Å². The van der Waals surface area contributed by atoms with E-state index in [9.17, 15) is 8.42 Å². The van der Waals surface area contributed by atoms with Gasteiger partial charge in [0, 0.05) is 31.9 Å². The first-order valence-electron chi connectivity index (χ1n) is 7.18. The highest BCUT2D eigenvalue weighted by atomic mass is 32.2. The van der Waals surface area contributed by atoms with Gasteiger partial charge in [0.05, 0.1) is 11.0 Å². The number of nitrogens with one attached hydrogen (secondary N) is 3. The van der Waals surface area contributed by atoms with Gasteiger partial charge in [0.15, 0.2) is 0 Å². The van der Waals surface area contributed by atoms with E-state index in [1.54, 1.807) is 31.2 Å². The highest BCUT2D eigenvalue weighted by Gasteiger charge is 2.12. The molecular formula is C14H25N3O3S. The summed E-state index contributed by atoms with van der Waals surface area (Å²) in [4.78, 5) is 0.272. The van der Waals surface area contributed by atoms with Gasteiger partial charge in [-0.15, -0.1) is 0 Å². The second kappa shape index (κ2) is 8.99. The molecule has 0 fully saturated rings. The summed E-state index contributed by atoms with van der Waals surface area (Å²) in [5.41, 5.74) is 0.864. The van der Waals surface area contributed by atoms with E-state index < -0.39 is 10.0 Å². The molecular weight excluding hydrogens is 290 g/mol. The first-order chi connectivity index (χ1) is 9.95. The third-order valence-corrected chi connectivity index (χ3v) is 4.25. The summed E-state index contributed by atoms with van der Waals surface area (Å²) in [7, 11) is -3.40. The second-order valence-corrected chi connectivity index (χ2v) is 6.67. The maximum absolute atomic E-state index is 11.9. The van der Waals surface area contributed by atoms with E-state index in [2.05, 4.69) is 15.4 Å². The molecule has 1 rings (SSSR count). The van der Waals surface area contributed by atoms with Gasteiger partial charge in [0.1, 0.15) is 0 Å². The summed E-state index contributed by atoms with van der Waals surface area (Å²) >= 11 is 0. The topological polar surface area (TPSA) is 90.5 Å². The molecule has 0 bridgehead atoms. The third kappa shape index (κ3) is 6.90. The van der Waals surface area contributed by atoms with Gasteiger partial charge < -0.3 is 15.7 Å². The molecule has 0 heterocycles. The van der Waals surface area contributed by atoms with Gasteiger partial charge in [-0.3, -0.25) is 0 Å². The van der Waals surface area contributed by atoms with Gasteiger partial charge in [-0.05, 0) is 37.6 Å². The Morgan fingerprint density at radius 1 is 1.14 bits per heavy atom. The highest BCUT2D eigenvalue weighted by molar-refractivity contribution is 7.89. The number of anilines is 1.